The van der Waals surface area contributed by atoms with E-state index < -0.39 is 6.10 Å². The van der Waals surface area contributed by atoms with Crippen molar-refractivity contribution in [2.75, 3.05) is 39.4 Å². The number of amides is 1. The Kier molecular flexibility index (Phi) is 7.43. The number of aliphatic hydroxyl groups is 1. The topological polar surface area (TPSA) is 71.0 Å². The van der Waals surface area contributed by atoms with Crippen LogP contribution in [-0.4, -0.2) is 61.4 Å². The van der Waals surface area contributed by atoms with E-state index in [4.69, 9.17) is 21.1 Å². The lowest BCUT2D eigenvalue weighted by Gasteiger charge is -2.36. The number of benzene rings is 1. The zero-order valence-electron chi connectivity index (χ0n) is 16.8. The van der Waals surface area contributed by atoms with Gasteiger partial charge in [-0.1, -0.05) is 24.9 Å². The van der Waals surface area contributed by atoms with E-state index >= 15 is 0 Å². The van der Waals surface area contributed by atoms with Crippen molar-refractivity contribution in [3.8, 4) is 11.5 Å². The van der Waals surface area contributed by atoms with Gasteiger partial charge in [0.25, 0.3) is 5.91 Å². The molecule has 2 atom stereocenters. The quantitative estimate of drug-likeness (QED) is 0.754. The lowest BCUT2D eigenvalue weighted by molar-refractivity contribution is 0.0217. The maximum atomic E-state index is 12.9. The zero-order valence-corrected chi connectivity index (χ0v) is 17.6. The van der Waals surface area contributed by atoms with Gasteiger partial charge < -0.3 is 24.8 Å². The van der Waals surface area contributed by atoms with E-state index in [-0.39, 0.29) is 11.8 Å². The smallest absolute Gasteiger partial charge is 0.255 e. The number of carbonyl (C=O) groups is 1. The Morgan fingerprint density at radius 2 is 2.11 bits per heavy atom. The Morgan fingerprint density at radius 3 is 2.82 bits per heavy atom. The van der Waals surface area contributed by atoms with Crippen LogP contribution in [0.5, 0.6) is 11.5 Å². The Labute approximate surface area is 172 Å². The molecule has 0 aliphatic carbocycles. The maximum Gasteiger partial charge on any atom is 0.255 e. The van der Waals surface area contributed by atoms with E-state index in [0.717, 1.165) is 44.3 Å². The van der Waals surface area contributed by atoms with E-state index in [2.05, 4.69) is 17.1 Å². The van der Waals surface area contributed by atoms with Gasteiger partial charge in [0.1, 0.15) is 0 Å². The molecule has 28 heavy (non-hydrogen) atoms. The van der Waals surface area contributed by atoms with Gasteiger partial charge in [0.15, 0.2) is 11.5 Å². The molecule has 156 valence electrons. The van der Waals surface area contributed by atoms with Crippen molar-refractivity contribution >= 4 is 17.5 Å². The van der Waals surface area contributed by atoms with Crippen LogP contribution in [0.3, 0.4) is 0 Å². The fraction of sp³-hybridized carbons (Fsp3) is 0.667. The van der Waals surface area contributed by atoms with Crippen LogP contribution in [0.2, 0.25) is 5.02 Å². The number of unbranched alkanes of at least 4 members (excludes halogenated alkanes) is 1. The molecule has 0 saturated carbocycles. The summed E-state index contributed by atoms with van der Waals surface area (Å²) in [6.45, 7) is 8.16. The average Bonchev–Trinajstić information content (AvgIpc) is 2.94. The van der Waals surface area contributed by atoms with Crippen LogP contribution >= 0.6 is 11.6 Å². The fourth-order valence-corrected chi connectivity index (χ4v) is 3.98. The molecule has 0 radical (unpaired) electrons. The standard InChI is InChI=1S/C21H31ClN2O4/c1-3-4-7-24-8-6-15(18(25)13-24)12-23-21(26)16-11-17(22)14(2)19-20(16)28-10-5-9-27-19/h11,15,18,25H,3-10,12-13H2,1-2H3,(H,23,26). The summed E-state index contributed by atoms with van der Waals surface area (Å²) in [5.41, 5.74) is 1.17. The lowest BCUT2D eigenvalue weighted by Crippen LogP contribution is -2.47. The molecule has 0 bridgehead atoms. The molecule has 2 aliphatic heterocycles. The normalized spacial score (nSPS) is 22.6. The van der Waals surface area contributed by atoms with Crippen LogP contribution in [0.15, 0.2) is 6.07 Å². The summed E-state index contributed by atoms with van der Waals surface area (Å²) in [5, 5.41) is 13.9. The van der Waals surface area contributed by atoms with Gasteiger partial charge in [0.05, 0.1) is 24.9 Å². The predicted molar refractivity (Wildman–Crippen MR) is 110 cm³/mol. The number of carbonyl (C=O) groups excluding carboxylic acids is 1. The van der Waals surface area contributed by atoms with Gasteiger partial charge in [-0.2, -0.15) is 0 Å². The summed E-state index contributed by atoms with van der Waals surface area (Å²) in [7, 11) is 0. The summed E-state index contributed by atoms with van der Waals surface area (Å²) in [4.78, 5) is 15.2. The number of hydrogen-bond acceptors (Lipinski definition) is 5. The lowest BCUT2D eigenvalue weighted by atomic mass is 9.93. The van der Waals surface area contributed by atoms with E-state index in [1.807, 2.05) is 6.92 Å². The van der Waals surface area contributed by atoms with Crippen molar-refractivity contribution < 1.29 is 19.4 Å². The van der Waals surface area contributed by atoms with Gasteiger partial charge in [-0.3, -0.25) is 4.79 Å². The first-order chi connectivity index (χ1) is 13.5. The number of β-amino-alcohol motifs (C(OH)–C–C–N with tert-alkyl or cyclic N) is 1. The van der Waals surface area contributed by atoms with E-state index in [0.29, 0.717) is 48.4 Å². The molecule has 7 heteroatoms. The van der Waals surface area contributed by atoms with E-state index in [1.165, 1.54) is 0 Å². The SMILES string of the molecule is CCCCN1CCC(CNC(=O)c2cc(Cl)c(C)c3c2OCCCO3)C(O)C1. The van der Waals surface area contributed by atoms with Crippen molar-refractivity contribution in [3.05, 3.63) is 22.2 Å². The second-order valence-electron chi connectivity index (χ2n) is 7.72. The minimum Gasteiger partial charge on any atom is -0.489 e. The number of likely N-dealkylation sites (tertiary alicyclic amines) is 1. The van der Waals surface area contributed by atoms with E-state index in [9.17, 15) is 9.90 Å². The second kappa shape index (κ2) is 9.81. The molecule has 6 nitrogen and oxygen atoms in total. The van der Waals surface area contributed by atoms with Crippen molar-refractivity contribution in [2.45, 2.75) is 45.6 Å². The molecule has 0 spiro atoms. The third kappa shape index (κ3) is 4.91. The Morgan fingerprint density at radius 1 is 1.36 bits per heavy atom. The number of nitrogens with zero attached hydrogens (tertiary/aromatic N) is 1. The van der Waals surface area contributed by atoms with Gasteiger partial charge in [-0.15, -0.1) is 0 Å². The number of halogens is 1. The summed E-state index contributed by atoms with van der Waals surface area (Å²) in [5.74, 6) is 0.828. The minimum atomic E-state index is -0.427. The van der Waals surface area contributed by atoms with E-state index in [1.54, 1.807) is 6.07 Å². The van der Waals surface area contributed by atoms with Crippen LogP contribution in [0.1, 0.15) is 48.5 Å². The number of nitrogens with one attached hydrogen (secondary N) is 1. The first kappa shape index (κ1) is 21.2. The average molecular weight is 411 g/mol. The van der Waals surface area contributed by atoms with Crippen molar-refractivity contribution in [3.63, 3.8) is 0 Å². The molecule has 1 fully saturated rings. The Bertz CT molecular complexity index is 697. The molecule has 2 unspecified atom stereocenters. The van der Waals surface area contributed by atoms with Crippen molar-refractivity contribution in [2.24, 2.45) is 5.92 Å². The third-order valence-electron chi connectivity index (χ3n) is 5.61. The first-order valence-electron chi connectivity index (χ1n) is 10.3. The Hall–Kier alpha value is -1.50. The van der Waals surface area contributed by atoms with Crippen LogP contribution in [0.25, 0.3) is 0 Å². The van der Waals surface area contributed by atoms with Crippen molar-refractivity contribution in [1.29, 1.82) is 0 Å². The highest BCUT2D eigenvalue weighted by molar-refractivity contribution is 6.32. The molecule has 2 aliphatic rings. The number of ether oxygens (including phenoxy) is 2. The largest absolute Gasteiger partial charge is 0.489 e. The summed E-state index contributed by atoms with van der Waals surface area (Å²) >= 11 is 6.32. The fourth-order valence-electron chi connectivity index (χ4n) is 3.78. The molecule has 1 saturated heterocycles. The number of fused-ring (bicyclic) bond motifs is 1. The molecular formula is C21H31ClN2O4. The highest BCUT2D eigenvalue weighted by atomic mass is 35.5. The van der Waals surface area contributed by atoms with Gasteiger partial charge in [0.2, 0.25) is 0 Å². The predicted octanol–water partition coefficient (Wildman–Crippen LogP) is 3.02. The molecule has 1 aromatic carbocycles. The van der Waals surface area contributed by atoms with Crippen LogP contribution in [-0.2, 0) is 0 Å². The maximum absolute atomic E-state index is 12.9. The van der Waals surface area contributed by atoms with Crippen LogP contribution in [0.4, 0.5) is 0 Å². The third-order valence-corrected chi connectivity index (χ3v) is 6.00. The molecule has 2 N–H and O–H groups in total. The van der Waals surface area contributed by atoms with Gasteiger partial charge in [-0.05, 0) is 38.9 Å². The number of rotatable bonds is 6. The van der Waals surface area contributed by atoms with Gasteiger partial charge in [-0.25, -0.2) is 0 Å². The monoisotopic (exact) mass is 410 g/mol. The van der Waals surface area contributed by atoms with Crippen LogP contribution < -0.4 is 14.8 Å². The number of hydrogen-bond donors (Lipinski definition) is 2. The summed E-state index contributed by atoms with van der Waals surface area (Å²) < 4.78 is 11.6. The highest BCUT2D eigenvalue weighted by Crippen LogP contribution is 2.40. The number of aliphatic hydroxyl groups excluding tert-OH is 1. The van der Waals surface area contributed by atoms with Gasteiger partial charge in [0, 0.05) is 36.0 Å². The second-order valence-corrected chi connectivity index (χ2v) is 8.13. The molecule has 2 heterocycles. The zero-order chi connectivity index (χ0) is 20.1. The highest BCUT2D eigenvalue weighted by Gasteiger charge is 2.29. The molecule has 0 aromatic heterocycles. The van der Waals surface area contributed by atoms with Crippen molar-refractivity contribution in [1.82, 2.24) is 10.2 Å². The number of piperidine rings is 1. The Balaban J connectivity index is 1.63. The molecular weight excluding hydrogens is 380 g/mol. The first-order valence-corrected chi connectivity index (χ1v) is 10.7. The summed E-state index contributed by atoms with van der Waals surface area (Å²) in [6, 6.07) is 1.64. The minimum absolute atomic E-state index is 0.0542. The molecule has 3 rings (SSSR count). The molecule has 1 amide bonds. The summed E-state index contributed by atoms with van der Waals surface area (Å²) in [6.07, 6.45) is 3.51. The molecule has 1 aromatic rings. The van der Waals surface area contributed by atoms with Crippen LogP contribution in [0, 0.1) is 12.8 Å². The van der Waals surface area contributed by atoms with Gasteiger partial charge >= 0.3 is 0 Å².